The molecule has 5 nitrogen and oxygen atoms in total. The Morgan fingerprint density at radius 1 is 1.23 bits per heavy atom. The van der Waals surface area contributed by atoms with E-state index < -0.39 is 17.3 Å². The standard InChI is InChI=1S/C21H23F3N4OS/c1-20(2,3)19(29)27-8-4-6-13(12-27)14-11-18-25-15(16-7-5-9-30-16)10-17(21(22,23)24)28(18)26-14/h5,7,9-11,13H,4,6,8,12H2,1-3H3/t13-/m0/s1. The molecule has 4 rings (SSSR count). The van der Waals surface area contributed by atoms with Crippen LogP contribution in [0.5, 0.6) is 0 Å². The minimum atomic E-state index is -4.56. The van der Waals surface area contributed by atoms with Gasteiger partial charge in [-0.15, -0.1) is 11.3 Å². The quantitative estimate of drug-likeness (QED) is 0.553. The molecule has 9 heteroatoms. The predicted molar refractivity (Wildman–Crippen MR) is 109 cm³/mol. The van der Waals surface area contributed by atoms with Crippen molar-refractivity contribution in [2.75, 3.05) is 13.1 Å². The fraction of sp³-hybridized carbons (Fsp3) is 0.476. The zero-order chi connectivity index (χ0) is 21.7. The zero-order valence-electron chi connectivity index (χ0n) is 17.0. The second kappa shape index (κ2) is 7.37. The number of piperidine rings is 1. The minimum absolute atomic E-state index is 0.0463. The lowest BCUT2D eigenvalue weighted by Crippen LogP contribution is -2.44. The van der Waals surface area contributed by atoms with Crippen molar-refractivity contribution in [2.24, 2.45) is 5.41 Å². The highest BCUT2D eigenvalue weighted by Gasteiger charge is 2.37. The van der Waals surface area contributed by atoms with Gasteiger partial charge in [-0.3, -0.25) is 4.79 Å². The summed E-state index contributed by atoms with van der Waals surface area (Å²) in [5, 5.41) is 6.09. The summed E-state index contributed by atoms with van der Waals surface area (Å²) in [6.07, 6.45) is -2.99. The fourth-order valence-corrected chi connectivity index (χ4v) is 4.51. The number of hydrogen-bond acceptors (Lipinski definition) is 4. The second-order valence-corrected chi connectivity index (χ2v) is 9.63. The number of amides is 1. The molecule has 0 unspecified atom stereocenters. The van der Waals surface area contributed by atoms with Crippen molar-refractivity contribution in [3.05, 3.63) is 41.0 Å². The van der Waals surface area contributed by atoms with Gasteiger partial charge in [0.2, 0.25) is 5.91 Å². The number of alkyl halides is 3. The van der Waals surface area contributed by atoms with Gasteiger partial charge in [-0.25, -0.2) is 9.50 Å². The van der Waals surface area contributed by atoms with Gasteiger partial charge in [0.05, 0.1) is 16.3 Å². The van der Waals surface area contributed by atoms with Crippen molar-refractivity contribution < 1.29 is 18.0 Å². The van der Waals surface area contributed by atoms with Crippen LogP contribution in [0.15, 0.2) is 29.6 Å². The third-order valence-corrected chi connectivity index (χ3v) is 6.17. The van der Waals surface area contributed by atoms with Crippen molar-refractivity contribution in [3.63, 3.8) is 0 Å². The number of carbonyl (C=O) groups excluding carboxylic acids is 1. The van der Waals surface area contributed by atoms with Crippen LogP contribution in [0.4, 0.5) is 13.2 Å². The van der Waals surface area contributed by atoms with Crippen molar-refractivity contribution in [1.82, 2.24) is 19.5 Å². The van der Waals surface area contributed by atoms with Crippen molar-refractivity contribution in [1.29, 1.82) is 0 Å². The van der Waals surface area contributed by atoms with E-state index in [0.29, 0.717) is 23.7 Å². The summed E-state index contributed by atoms with van der Waals surface area (Å²) in [5.74, 6) is -0.0666. The summed E-state index contributed by atoms with van der Waals surface area (Å²) in [5.41, 5.74) is -0.350. The van der Waals surface area contributed by atoms with E-state index in [9.17, 15) is 18.0 Å². The first-order chi connectivity index (χ1) is 14.0. The minimum Gasteiger partial charge on any atom is -0.342 e. The van der Waals surface area contributed by atoms with E-state index in [0.717, 1.165) is 23.4 Å². The molecule has 3 aromatic rings. The molecular formula is C21H23F3N4OS. The van der Waals surface area contributed by atoms with Crippen LogP contribution in [0.25, 0.3) is 16.2 Å². The number of nitrogens with zero attached hydrogens (tertiary/aromatic N) is 4. The van der Waals surface area contributed by atoms with Gasteiger partial charge in [-0.1, -0.05) is 26.8 Å². The summed E-state index contributed by atoms with van der Waals surface area (Å²) >= 11 is 1.34. The molecule has 160 valence electrons. The van der Waals surface area contributed by atoms with Crippen molar-refractivity contribution >= 4 is 22.9 Å². The molecule has 3 aromatic heterocycles. The van der Waals surface area contributed by atoms with Crippen molar-refractivity contribution in [3.8, 4) is 10.6 Å². The first kappa shape index (κ1) is 20.8. The Bertz CT molecular complexity index is 1070. The van der Waals surface area contributed by atoms with Crippen LogP contribution in [-0.2, 0) is 11.0 Å². The third-order valence-electron chi connectivity index (χ3n) is 5.28. The maximum absolute atomic E-state index is 13.8. The van der Waals surface area contributed by atoms with E-state index in [1.54, 1.807) is 28.5 Å². The van der Waals surface area contributed by atoms with Crippen LogP contribution in [0.2, 0.25) is 0 Å². The Balaban J connectivity index is 1.73. The molecule has 1 fully saturated rings. The van der Waals surface area contributed by atoms with E-state index >= 15 is 0 Å². The Hall–Kier alpha value is -2.42. The van der Waals surface area contributed by atoms with Crippen LogP contribution in [0.3, 0.4) is 0 Å². The molecular weight excluding hydrogens is 413 g/mol. The Morgan fingerprint density at radius 2 is 2.00 bits per heavy atom. The summed E-state index contributed by atoms with van der Waals surface area (Å²) in [4.78, 5) is 19.6. The molecule has 1 aliphatic heterocycles. The number of rotatable bonds is 2. The van der Waals surface area contributed by atoms with E-state index in [1.165, 1.54) is 11.3 Å². The van der Waals surface area contributed by atoms with Gasteiger partial charge < -0.3 is 4.90 Å². The largest absolute Gasteiger partial charge is 0.433 e. The lowest BCUT2D eigenvalue weighted by molar-refractivity contribution is -0.142. The number of hydrogen-bond donors (Lipinski definition) is 0. The molecule has 1 saturated heterocycles. The molecule has 30 heavy (non-hydrogen) atoms. The molecule has 0 N–H and O–H groups in total. The Labute approximate surface area is 176 Å². The average molecular weight is 437 g/mol. The molecule has 0 radical (unpaired) electrons. The first-order valence-electron chi connectivity index (χ1n) is 9.85. The van der Waals surface area contributed by atoms with Crippen LogP contribution in [-0.4, -0.2) is 38.5 Å². The lowest BCUT2D eigenvalue weighted by atomic mass is 9.90. The number of aromatic nitrogens is 3. The molecule has 1 aliphatic rings. The smallest absolute Gasteiger partial charge is 0.342 e. The maximum atomic E-state index is 13.8. The van der Waals surface area contributed by atoms with Crippen LogP contribution >= 0.6 is 11.3 Å². The van der Waals surface area contributed by atoms with E-state index in [1.807, 2.05) is 20.8 Å². The van der Waals surface area contributed by atoms with Gasteiger partial charge in [0.1, 0.15) is 0 Å². The Morgan fingerprint density at radius 3 is 2.63 bits per heavy atom. The molecule has 4 heterocycles. The van der Waals surface area contributed by atoms with E-state index in [2.05, 4.69) is 10.1 Å². The SMILES string of the molecule is CC(C)(C)C(=O)N1CCC[C@H](c2cc3nc(-c4cccs4)cc(C(F)(F)F)n3n2)C1. The van der Waals surface area contributed by atoms with Gasteiger partial charge in [0.15, 0.2) is 11.3 Å². The zero-order valence-corrected chi connectivity index (χ0v) is 17.8. The Kier molecular flexibility index (Phi) is 5.12. The van der Waals surface area contributed by atoms with Gasteiger partial charge in [-0.05, 0) is 30.4 Å². The number of fused-ring (bicyclic) bond motifs is 1. The molecule has 0 bridgehead atoms. The lowest BCUT2D eigenvalue weighted by Gasteiger charge is -2.35. The van der Waals surface area contributed by atoms with E-state index in [4.69, 9.17) is 0 Å². The normalized spacial score (nSPS) is 18.2. The number of thiophene rings is 1. The van der Waals surface area contributed by atoms with Crippen LogP contribution in [0, 0.1) is 5.41 Å². The molecule has 0 aliphatic carbocycles. The number of likely N-dealkylation sites (tertiary alicyclic amines) is 1. The monoisotopic (exact) mass is 436 g/mol. The van der Waals surface area contributed by atoms with Gasteiger partial charge >= 0.3 is 6.18 Å². The van der Waals surface area contributed by atoms with Gasteiger partial charge in [0.25, 0.3) is 0 Å². The molecule has 0 saturated carbocycles. The van der Waals surface area contributed by atoms with E-state index in [-0.39, 0.29) is 23.2 Å². The van der Waals surface area contributed by atoms with Gasteiger partial charge in [0, 0.05) is 30.5 Å². The van der Waals surface area contributed by atoms with Crippen molar-refractivity contribution in [2.45, 2.75) is 45.7 Å². The highest BCUT2D eigenvalue weighted by molar-refractivity contribution is 7.13. The highest BCUT2D eigenvalue weighted by Crippen LogP contribution is 2.35. The molecule has 0 aromatic carbocycles. The van der Waals surface area contributed by atoms with Crippen LogP contribution < -0.4 is 0 Å². The summed E-state index contributed by atoms with van der Waals surface area (Å²) < 4.78 is 42.1. The second-order valence-electron chi connectivity index (χ2n) is 8.68. The van der Waals surface area contributed by atoms with Crippen LogP contribution in [0.1, 0.15) is 50.9 Å². The maximum Gasteiger partial charge on any atom is 0.433 e. The number of carbonyl (C=O) groups is 1. The molecule has 1 amide bonds. The average Bonchev–Trinajstić information content (AvgIpc) is 3.34. The number of halogens is 3. The molecule has 0 spiro atoms. The third kappa shape index (κ3) is 3.95. The summed E-state index contributed by atoms with van der Waals surface area (Å²) in [7, 11) is 0. The van der Waals surface area contributed by atoms with Gasteiger partial charge in [-0.2, -0.15) is 18.3 Å². The highest BCUT2D eigenvalue weighted by atomic mass is 32.1. The first-order valence-corrected chi connectivity index (χ1v) is 10.7. The predicted octanol–water partition coefficient (Wildman–Crippen LogP) is 5.23. The summed E-state index contributed by atoms with van der Waals surface area (Å²) in [6, 6.07) is 6.20. The summed E-state index contributed by atoms with van der Waals surface area (Å²) in [6.45, 7) is 6.73. The molecule has 1 atom stereocenters. The topological polar surface area (TPSA) is 50.5 Å². The fourth-order valence-electron chi connectivity index (χ4n) is 3.82.